The maximum Gasteiger partial charge on any atom is 0.343 e. The Balaban J connectivity index is 1.73. The van der Waals surface area contributed by atoms with Crippen molar-refractivity contribution >= 4 is 29.2 Å². The molecule has 1 aromatic heterocycles. The Hall–Kier alpha value is -2.64. The molecule has 0 bridgehead atoms. The predicted molar refractivity (Wildman–Crippen MR) is 109 cm³/mol. The van der Waals surface area contributed by atoms with E-state index >= 15 is 0 Å². The highest BCUT2D eigenvalue weighted by atomic mass is 35.5. The Morgan fingerprint density at radius 3 is 2.80 bits per heavy atom. The maximum absolute atomic E-state index is 13.3. The number of aromatic nitrogens is 1. The standard InChI is InChI=1S/C22H21ClN2O5/c1-3-22(29)16-8-18-19-13(9-24(18)20(27)15(16)10-30-21(22)28)6-12-7-14(23)4-5-17(12)25(19)11(2)26/h4-5,7-8,13,19,29H,3,6,9-10H2,1-2H3/t13?,19?,22-/m0/s1. The van der Waals surface area contributed by atoms with Gasteiger partial charge in [-0.3, -0.25) is 9.59 Å². The molecule has 3 aliphatic rings. The van der Waals surface area contributed by atoms with Gasteiger partial charge in [0.2, 0.25) is 5.91 Å². The minimum atomic E-state index is -1.86. The molecule has 8 heteroatoms. The number of carbonyl (C=O) groups is 2. The van der Waals surface area contributed by atoms with E-state index in [0.717, 1.165) is 11.3 Å². The van der Waals surface area contributed by atoms with Crippen LogP contribution in [-0.4, -0.2) is 21.6 Å². The number of esters is 1. The number of hydrogen-bond acceptors (Lipinski definition) is 5. The van der Waals surface area contributed by atoms with E-state index in [-0.39, 0.29) is 36.5 Å². The van der Waals surface area contributed by atoms with Crippen molar-refractivity contribution in [2.75, 3.05) is 4.90 Å². The molecular formula is C22H21ClN2O5. The first-order chi connectivity index (χ1) is 14.3. The highest BCUT2D eigenvalue weighted by Crippen LogP contribution is 2.47. The van der Waals surface area contributed by atoms with Gasteiger partial charge in [-0.05, 0) is 42.7 Å². The molecule has 0 fully saturated rings. The van der Waals surface area contributed by atoms with Crippen molar-refractivity contribution in [2.24, 2.45) is 5.92 Å². The Bertz CT molecular complexity index is 1170. The second kappa shape index (κ2) is 6.43. The zero-order valence-corrected chi connectivity index (χ0v) is 17.4. The molecular weight excluding hydrogens is 408 g/mol. The summed E-state index contributed by atoms with van der Waals surface area (Å²) in [5.41, 5.74) is 0.842. The molecule has 3 aliphatic heterocycles. The van der Waals surface area contributed by atoms with Gasteiger partial charge in [-0.1, -0.05) is 18.5 Å². The first kappa shape index (κ1) is 19.3. The number of pyridine rings is 1. The largest absolute Gasteiger partial charge is 0.458 e. The Morgan fingerprint density at radius 2 is 2.10 bits per heavy atom. The van der Waals surface area contributed by atoms with E-state index in [0.29, 0.717) is 34.8 Å². The third-order valence-corrected chi connectivity index (χ3v) is 6.88. The number of cyclic esters (lactones) is 1. The van der Waals surface area contributed by atoms with E-state index in [1.165, 1.54) is 6.92 Å². The normalized spacial score (nSPS) is 26.4. The lowest BCUT2D eigenvalue weighted by Gasteiger charge is -2.39. The van der Waals surface area contributed by atoms with Crippen LogP contribution in [0.3, 0.4) is 0 Å². The van der Waals surface area contributed by atoms with Crippen molar-refractivity contribution in [2.45, 2.75) is 51.5 Å². The van der Waals surface area contributed by atoms with Gasteiger partial charge in [-0.15, -0.1) is 0 Å². The van der Waals surface area contributed by atoms with Crippen LogP contribution >= 0.6 is 11.6 Å². The number of carbonyl (C=O) groups excluding carboxylic acids is 2. The van der Waals surface area contributed by atoms with E-state index in [1.807, 2.05) is 12.1 Å². The lowest BCUT2D eigenvalue weighted by Crippen LogP contribution is -2.45. The fraction of sp³-hybridized carbons (Fsp3) is 0.409. The molecule has 2 unspecified atom stereocenters. The van der Waals surface area contributed by atoms with E-state index in [4.69, 9.17) is 16.3 Å². The fourth-order valence-corrected chi connectivity index (χ4v) is 5.39. The average molecular weight is 429 g/mol. The van der Waals surface area contributed by atoms with Gasteiger partial charge in [-0.2, -0.15) is 0 Å². The van der Waals surface area contributed by atoms with Crippen molar-refractivity contribution in [3.8, 4) is 0 Å². The zero-order valence-electron chi connectivity index (χ0n) is 16.6. The summed E-state index contributed by atoms with van der Waals surface area (Å²) in [7, 11) is 0. The van der Waals surface area contributed by atoms with Crippen LogP contribution in [0.1, 0.15) is 48.7 Å². The van der Waals surface area contributed by atoms with Crippen LogP contribution in [0.2, 0.25) is 5.02 Å². The van der Waals surface area contributed by atoms with Crippen molar-refractivity contribution in [1.82, 2.24) is 4.57 Å². The van der Waals surface area contributed by atoms with Crippen molar-refractivity contribution in [1.29, 1.82) is 0 Å². The molecule has 3 atom stereocenters. The number of fused-ring (bicyclic) bond motifs is 5. The first-order valence-electron chi connectivity index (χ1n) is 10.0. The van der Waals surface area contributed by atoms with E-state index < -0.39 is 11.6 Å². The first-order valence-corrected chi connectivity index (χ1v) is 10.4. The molecule has 0 radical (unpaired) electrons. The molecule has 156 valence electrons. The summed E-state index contributed by atoms with van der Waals surface area (Å²) in [6.07, 6.45) is 0.761. The fourth-order valence-electron chi connectivity index (χ4n) is 5.20. The number of hydrogen-bond donors (Lipinski definition) is 1. The van der Waals surface area contributed by atoms with Crippen LogP contribution < -0.4 is 10.5 Å². The third-order valence-electron chi connectivity index (χ3n) is 6.64. The lowest BCUT2D eigenvalue weighted by molar-refractivity contribution is -0.172. The van der Waals surface area contributed by atoms with Gasteiger partial charge in [0.05, 0.1) is 11.6 Å². The van der Waals surface area contributed by atoms with Crippen LogP contribution in [0.4, 0.5) is 5.69 Å². The van der Waals surface area contributed by atoms with Crippen molar-refractivity contribution in [3.05, 3.63) is 62.0 Å². The molecule has 5 rings (SSSR count). The topological polar surface area (TPSA) is 88.8 Å². The van der Waals surface area contributed by atoms with Crippen LogP contribution in [-0.2, 0) is 39.5 Å². The van der Waals surface area contributed by atoms with Crippen LogP contribution in [0.5, 0.6) is 0 Å². The van der Waals surface area contributed by atoms with E-state index in [1.54, 1.807) is 28.5 Å². The summed E-state index contributed by atoms with van der Waals surface area (Å²) >= 11 is 6.18. The molecule has 0 saturated heterocycles. The quantitative estimate of drug-likeness (QED) is 0.705. The number of ether oxygens (including phenoxy) is 1. The monoisotopic (exact) mass is 428 g/mol. The summed E-state index contributed by atoms with van der Waals surface area (Å²) in [6.45, 7) is 3.46. The maximum atomic E-state index is 13.3. The van der Waals surface area contributed by atoms with E-state index in [2.05, 4.69) is 0 Å². The number of rotatable bonds is 1. The molecule has 1 aromatic carbocycles. The number of amides is 1. The number of benzene rings is 1. The average Bonchev–Trinajstić information content (AvgIpc) is 3.07. The third kappa shape index (κ3) is 2.45. The molecule has 0 aliphatic carbocycles. The number of nitrogens with zero attached hydrogens (tertiary/aromatic N) is 2. The van der Waals surface area contributed by atoms with Crippen LogP contribution in [0.15, 0.2) is 29.1 Å². The molecule has 2 aromatic rings. The molecule has 0 spiro atoms. The lowest BCUT2D eigenvalue weighted by atomic mass is 9.83. The summed E-state index contributed by atoms with van der Waals surface area (Å²) in [4.78, 5) is 40.0. The van der Waals surface area contributed by atoms with Gasteiger partial charge in [0.1, 0.15) is 6.61 Å². The number of aliphatic hydroxyl groups is 1. The van der Waals surface area contributed by atoms with Gasteiger partial charge in [0.15, 0.2) is 5.60 Å². The molecule has 0 saturated carbocycles. The van der Waals surface area contributed by atoms with Gasteiger partial charge in [0.25, 0.3) is 5.56 Å². The molecule has 7 nitrogen and oxygen atoms in total. The second-order valence-corrected chi connectivity index (χ2v) is 8.67. The summed E-state index contributed by atoms with van der Waals surface area (Å²) in [6, 6.07) is 6.81. The molecule has 30 heavy (non-hydrogen) atoms. The highest BCUT2D eigenvalue weighted by molar-refractivity contribution is 6.30. The van der Waals surface area contributed by atoms with Gasteiger partial charge in [-0.25, -0.2) is 4.79 Å². The summed E-state index contributed by atoms with van der Waals surface area (Å²) < 4.78 is 6.77. The number of halogens is 1. The molecule has 1 amide bonds. The summed E-state index contributed by atoms with van der Waals surface area (Å²) in [5.74, 6) is -0.900. The Kier molecular flexibility index (Phi) is 4.14. The van der Waals surface area contributed by atoms with Gasteiger partial charge >= 0.3 is 5.97 Å². The summed E-state index contributed by atoms with van der Waals surface area (Å²) in [5, 5.41) is 11.6. The van der Waals surface area contributed by atoms with Crippen LogP contribution in [0.25, 0.3) is 0 Å². The number of anilines is 1. The van der Waals surface area contributed by atoms with Gasteiger partial charge in [0, 0.05) is 41.4 Å². The zero-order chi connectivity index (χ0) is 21.4. The molecule has 1 N–H and O–H groups in total. The second-order valence-electron chi connectivity index (χ2n) is 8.24. The molecule has 4 heterocycles. The predicted octanol–water partition coefficient (Wildman–Crippen LogP) is 2.44. The van der Waals surface area contributed by atoms with Crippen molar-refractivity contribution in [3.63, 3.8) is 0 Å². The SMILES string of the molecule is CC[C@@]1(O)C(=O)OCc2c1cc1n(c2=O)CC2Cc3cc(Cl)ccc3N(C(C)=O)C12. The minimum Gasteiger partial charge on any atom is -0.458 e. The van der Waals surface area contributed by atoms with Gasteiger partial charge < -0.3 is 19.3 Å². The Labute approximate surface area is 177 Å². The van der Waals surface area contributed by atoms with Crippen LogP contribution in [0, 0.1) is 5.92 Å². The Morgan fingerprint density at radius 1 is 1.33 bits per heavy atom. The van der Waals surface area contributed by atoms with E-state index in [9.17, 15) is 19.5 Å². The smallest absolute Gasteiger partial charge is 0.343 e. The van der Waals surface area contributed by atoms with Crippen molar-refractivity contribution < 1.29 is 19.4 Å². The highest BCUT2D eigenvalue weighted by Gasteiger charge is 2.49. The minimum absolute atomic E-state index is 0.0113.